The van der Waals surface area contributed by atoms with Crippen molar-refractivity contribution in [3.05, 3.63) is 34.3 Å². The van der Waals surface area contributed by atoms with Gasteiger partial charge in [-0.3, -0.25) is 0 Å². The SMILES string of the molecule is CC(C)(C)NCC1(c2cccc(Br)c2)CC(C(C)(C)C)C1. The minimum absolute atomic E-state index is 0.172. The zero-order valence-corrected chi connectivity index (χ0v) is 16.0. The topological polar surface area (TPSA) is 12.0 Å². The summed E-state index contributed by atoms with van der Waals surface area (Å²) < 4.78 is 1.19. The van der Waals surface area contributed by atoms with Crippen LogP contribution in [0.3, 0.4) is 0 Å². The molecule has 2 rings (SSSR count). The lowest BCUT2D eigenvalue weighted by Crippen LogP contribution is -2.54. The van der Waals surface area contributed by atoms with Gasteiger partial charge in [-0.25, -0.2) is 0 Å². The second-order valence-corrected chi connectivity index (χ2v) is 9.78. The standard InChI is InChI=1S/C19H30BrN/c1-17(2,3)15-11-19(12-15,13-21-18(4,5)6)14-8-7-9-16(20)10-14/h7-10,15,21H,11-13H2,1-6H3. The summed E-state index contributed by atoms with van der Waals surface area (Å²) in [5.74, 6) is 0.818. The summed E-state index contributed by atoms with van der Waals surface area (Å²) in [6.45, 7) is 14.9. The van der Waals surface area contributed by atoms with Crippen LogP contribution in [-0.2, 0) is 5.41 Å². The first kappa shape index (κ1) is 17.0. The van der Waals surface area contributed by atoms with Crippen molar-refractivity contribution in [1.82, 2.24) is 5.32 Å². The van der Waals surface area contributed by atoms with Gasteiger partial charge in [-0.15, -0.1) is 0 Å². The summed E-state index contributed by atoms with van der Waals surface area (Å²) in [4.78, 5) is 0. The monoisotopic (exact) mass is 351 g/mol. The molecular formula is C19H30BrN. The quantitative estimate of drug-likeness (QED) is 0.754. The van der Waals surface area contributed by atoms with Crippen molar-refractivity contribution in [2.75, 3.05) is 6.54 Å². The third-order valence-electron chi connectivity index (χ3n) is 4.89. The molecule has 0 amide bonds. The number of benzene rings is 1. The lowest BCUT2D eigenvalue weighted by molar-refractivity contribution is 0.0410. The molecule has 0 unspecified atom stereocenters. The average Bonchev–Trinajstić information content (AvgIpc) is 2.24. The number of rotatable bonds is 3. The molecule has 2 heteroatoms. The molecule has 1 nitrogen and oxygen atoms in total. The largest absolute Gasteiger partial charge is 0.311 e. The third kappa shape index (κ3) is 4.10. The number of hydrogen-bond acceptors (Lipinski definition) is 1. The van der Waals surface area contributed by atoms with Crippen LogP contribution in [-0.4, -0.2) is 12.1 Å². The van der Waals surface area contributed by atoms with Crippen molar-refractivity contribution in [2.24, 2.45) is 11.3 Å². The van der Waals surface area contributed by atoms with E-state index in [9.17, 15) is 0 Å². The molecule has 0 bridgehead atoms. The summed E-state index contributed by atoms with van der Waals surface area (Å²) in [5, 5.41) is 3.74. The summed E-state index contributed by atoms with van der Waals surface area (Å²) in [6, 6.07) is 8.90. The van der Waals surface area contributed by atoms with Crippen LogP contribution < -0.4 is 5.32 Å². The lowest BCUT2D eigenvalue weighted by Gasteiger charge is -2.54. The highest BCUT2D eigenvalue weighted by Gasteiger charge is 2.49. The molecular weight excluding hydrogens is 322 g/mol. The van der Waals surface area contributed by atoms with Gasteiger partial charge in [0.2, 0.25) is 0 Å². The second-order valence-electron chi connectivity index (χ2n) is 8.87. The minimum atomic E-state index is 0.172. The van der Waals surface area contributed by atoms with Gasteiger partial charge in [0.1, 0.15) is 0 Å². The van der Waals surface area contributed by atoms with Crippen molar-refractivity contribution in [3.8, 4) is 0 Å². The van der Waals surface area contributed by atoms with Crippen molar-refractivity contribution in [3.63, 3.8) is 0 Å². The normalized spacial score (nSPS) is 26.5. The molecule has 0 aliphatic heterocycles. The Bertz CT molecular complexity index is 482. The van der Waals surface area contributed by atoms with Crippen LogP contribution in [0, 0.1) is 11.3 Å². The average molecular weight is 352 g/mol. The van der Waals surface area contributed by atoms with E-state index in [1.54, 1.807) is 0 Å². The third-order valence-corrected chi connectivity index (χ3v) is 5.39. The van der Waals surface area contributed by atoms with Gasteiger partial charge in [0.05, 0.1) is 0 Å². The van der Waals surface area contributed by atoms with E-state index in [1.807, 2.05) is 0 Å². The first-order valence-electron chi connectivity index (χ1n) is 8.03. The van der Waals surface area contributed by atoms with Gasteiger partial charge in [-0.05, 0) is 62.6 Å². The maximum Gasteiger partial charge on any atom is 0.0178 e. The summed E-state index contributed by atoms with van der Waals surface area (Å²) in [6.07, 6.45) is 2.58. The fourth-order valence-electron chi connectivity index (χ4n) is 3.23. The van der Waals surface area contributed by atoms with E-state index < -0.39 is 0 Å². The van der Waals surface area contributed by atoms with Gasteiger partial charge in [0.15, 0.2) is 0 Å². The van der Waals surface area contributed by atoms with Crippen molar-refractivity contribution in [2.45, 2.75) is 65.3 Å². The van der Waals surface area contributed by atoms with Gasteiger partial charge >= 0.3 is 0 Å². The van der Waals surface area contributed by atoms with Gasteiger partial charge in [0, 0.05) is 22.0 Å². The molecule has 0 spiro atoms. The molecule has 1 aliphatic carbocycles. The molecule has 118 valence electrons. The van der Waals surface area contributed by atoms with Gasteiger partial charge < -0.3 is 5.32 Å². The molecule has 1 saturated carbocycles. The number of halogens is 1. The molecule has 1 aliphatic rings. The maximum absolute atomic E-state index is 3.74. The summed E-state index contributed by atoms with van der Waals surface area (Å²) >= 11 is 3.63. The Labute approximate surface area is 139 Å². The van der Waals surface area contributed by atoms with Gasteiger partial charge in [0.25, 0.3) is 0 Å². The molecule has 0 aromatic heterocycles. The zero-order chi connectivity index (χ0) is 15.9. The highest BCUT2D eigenvalue weighted by molar-refractivity contribution is 9.10. The van der Waals surface area contributed by atoms with Crippen LogP contribution in [0.1, 0.15) is 59.9 Å². The van der Waals surface area contributed by atoms with Crippen LogP contribution in [0.2, 0.25) is 0 Å². The Morgan fingerprint density at radius 3 is 2.24 bits per heavy atom. The van der Waals surface area contributed by atoms with Crippen molar-refractivity contribution < 1.29 is 0 Å². The smallest absolute Gasteiger partial charge is 0.0178 e. The van der Waals surface area contributed by atoms with Gasteiger partial charge in [-0.1, -0.05) is 48.8 Å². The van der Waals surface area contributed by atoms with E-state index >= 15 is 0 Å². The highest BCUT2D eigenvalue weighted by atomic mass is 79.9. The predicted octanol–water partition coefficient (Wildman–Crippen LogP) is 5.53. The zero-order valence-electron chi connectivity index (χ0n) is 14.4. The van der Waals surface area contributed by atoms with E-state index in [2.05, 4.69) is 87.1 Å². The van der Waals surface area contributed by atoms with Crippen LogP contribution in [0.15, 0.2) is 28.7 Å². The van der Waals surface area contributed by atoms with Crippen molar-refractivity contribution >= 4 is 15.9 Å². The first-order chi connectivity index (χ1) is 9.52. The van der Waals surface area contributed by atoms with E-state index in [-0.39, 0.29) is 5.54 Å². The lowest BCUT2D eigenvalue weighted by atomic mass is 9.52. The highest BCUT2D eigenvalue weighted by Crippen LogP contribution is 2.54. The Morgan fingerprint density at radius 2 is 1.76 bits per heavy atom. The van der Waals surface area contributed by atoms with Crippen LogP contribution in [0.4, 0.5) is 0 Å². The Hall–Kier alpha value is -0.340. The molecule has 1 N–H and O–H groups in total. The molecule has 21 heavy (non-hydrogen) atoms. The Balaban J connectivity index is 2.21. The molecule has 0 saturated heterocycles. The first-order valence-corrected chi connectivity index (χ1v) is 8.82. The molecule has 1 aromatic rings. The molecule has 1 fully saturated rings. The molecule has 1 aromatic carbocycles. The predicted molar refractivity (Wildman–Crippen MR) is 95.8 cm³/mol. The van der Waals surface area contributed by atoms with E-state index in [0.717, 1.165) is 12.5 Å². The van der Waals surface area contributed by atoms with Crippen LogP contribution in [0.5, 0.6) is 0 Å². The number of hydrogen-bond donors (Lipinski definition) is 1. The second kappa shape index (κ2) is 5.70. The number of nitrogens with one attached hydrogen (secondary N) is 1. The summed E-state index contributed by atoms with van der Waals surface area (Å²) in [7, 11) is 0. The molecule has 0 heterocycles. The van der Waals surface area contributed by atoms with E-state index in [1.165, 1.54) is 22.9 Å². The van der Waals surface area contributed by atoms with E-state index in [0.29, 0.717) is 10.8 Å². The van der Waals surface area contributed by atoms with E-state index in [4.69, 9.17) is 0 Å². The fraction of sp³-hybridized carbons (Fsp3) is 0.684. The fourth-order valence-corrected chi connectivity index (χ4v) is 3.63. The molecule has 0 atom stereocenters. The Kier molecular flexibility index (Phi) is 4.62. The molecule has 0 radical (unpaired) electrons. The summed E-state index contributed by atoms with van der Waals surface area (Å²) in [5.41, 5.74) is 2.37. The Morgan fingerprint density at radius 1 is 1.14 bits per heavy atom. The van der Waals surface area contributed by atoms with Crippen molar-refractivity contribution in [1.29, 1.82) is 0 Å². The maximum atomic E-state index is 3.74. The van der Waals surface area contributed by atoms with Crippen LogP contribution in [0.25, 0.3) is 0 Å². The minimum Gasteiger partial charge on any atom is -0.311 e. The van der Waals surface area contributed by atoms with Crippen LogP contribution >= 0.6 is 15.9 Å². The van der Waals surface area contributed by atoms with Gasteiger partial charge in [-0.2, -0.15) is 0 Å².